The van der Waals surface area contributed by atoms with Gasteiger partial charge in [0, 0.05) is 37.4 Å². The SMILES string of the molecule is CC(C)(C)c1cc(=O)[nH]c(N2CCC(=O)CC2)n1. The number of piperidine rings is 1. The Kier molecular flexibility index (Phi) is 3.24. The van der Waals surface area contributed by atoms with Gasteiger partial charge in [0.2, 0.25) is 5.95 Å². The molecular weight excluding hydrogens is 230 g/mol. The molecule has 0 aliphatic carbocycles. The second-order valence-electron chi connectivity index (χ2n) is 5.73. The fourth-order valence-electron chi connectivity index (χ4n) is 1.95. The summed E-state index contributed by atoms with van der Waals surface area (Å²) in [5.74, 6) is 0.862. The van der Waals surface area contributed by atoms with E-state index in [1.54, 1.807) is 6.07 Å². The summed E-state index contributed by atoms with van der Waals surface area (Å²) in [4.78, 5) is 32.1. The Labute approximate surface area is 106 Å². The van der Waals surface area contributed by atoms with Gasteiger partial charge in [0.15, 0.2) is 0 Å². The Hall–Kier alpha value is -1.65. The number of hydrogen-bond acceptors (Lipinski definition) is 4. The standard InChI is InChI=1S/C13H19N3O2/c1-13(2,3)10-8-11(18)15-12(14-10)16-6-4-9(17)5-7-16/h8H,4-7H2,1-3H3,(H,14,15,18). The van der Waals surface area contributed by atoms with Crippen LogP contribution in [0.3, 0.4) is 0 Å². The van der Waals surface area contributed by atoms with Crippen molar-refractivity contribution in [1.82, 2.24) is 9.97 Å². The van der Waals surface area contributed by atoms with Crippen molar-refractivity contribution in [3.63, 3.8) is 0 Å². The van der Waals surface area contributed by atoms with E-state index in [0.717, 1.165) is 5.69 Å². The summed E-state index contributed by atoms with van der Waals surface area (Å²) >= 11 is 0. The Morgan fingerprint density at radius 2 is 1.83 bits per heavy atom. The lowest BCUT2D eigenvalue weighted by molar-refractivity contribution is -0.119. The van der Waals surface area contributed by atoms with E-state index < -0.39 is 0 Å². The number of carbonyl (C=O) groups excluding carboxylic acids is 1. The third kappa shape index (κ3) is 2.78. The summed E-state index contributed by atoms with van der Waals surface area (Å²) in [5.41, 5.74) is 0.481. The van der Waals surface area contributed by atoms with Crippen LogP contribution < -0.4 is 10.5 Å². The number of rotatable bonds is 1. The number of carbonyl (C=O) groups is 1. The van der Waals surface area contributed by atoms with E-state index in [9.17, 15) is 9.59 Å². The number of aromatic amines is 1. The van der Waals surface area contributed by atoms with E-state index >= 15 is 0 Å². The highest BCUT2D eigenvalue weighted by Crippen LogP contribution is 2.21. The van der Waals surface area contributed by atoms with Crippen molar-refractivity contribution in [2.45, 2.75) is 39.0 Å². The van der Waals surface area contributed by atoms with Gasteiger partial charge in [0.25, 0.3) is 5.56 Å². The number of anilines is 1. The number of nitrogens with one attached hydrogen (secondary N) is 1. The van der Waals surface area contributed by atoms with Crippen LogP contribution in [-0.4, -0.2) is 28.8 Å². The Morgan fingerprint density at radius 3 is 2.39 bits per heavy atom. The van der Waals surface area contributed by atoms with Gasteiger partial charge in [-0.2, -0.15) is 0 Å². The summed E-state index contributed by atoms with van der Waals surface area (Å²) in [6.45, 7) is 7.35. The van der Waals surface area contributed by atoms with Crippen LogP contribution in [0.15, 0.2) is 10.9 Å². The van der Waals surface area contributed by atoms with E-state index in [-0.39, 0.29) is 16.8 Å². The number of Topliss-reactive ketones (excluding diaryl/α,β-unsaturated/α-hetero) is 1. The average Bonchev–Trinajstić information content (AvgIpc) is 2.28. The second-order valence-corrected chi connectivity index (χ2v) is 5.73. The largest absolute Gasteiger partial charge is 0.341 e. The summed E-state index contributed by atoms with van der Waals surface area (Å²) in [6, 6.07) is 1.54. The Balaban J connectivity index is 2.31. The molecule has 0 saturated carbocycles. The van der Waals surface area contributed by atoms with Gasteiger partial charge in [0.1, 0.15) is 5.78 Å². The molecule has 2 rings (SSSR count). The zero-order valence-corrected chi connectivity index (χ0v) is 11.1. The molecule has 0 aromatic carbocycles. The molecule has 0 spiro atoms. The molecule has 0 amide bonds. The van der Waals surface area contributed by atoms with Crippen LogP contribution in [0.1, 0.15) is 39.3 Å². The molecule has 2 heterocycles. The highest BCUT2D eigenvalue weighted by Gasteiger charge is 2.21. The predicted octanol–water partition coefficient (Wildman–Crippen LogP) is 1.24. The predicted molar refractivity (Wildman–Crippen MR) is 70.0 cm³/mol. The molecule has 1 aromatic heterocycles. The normalized spacial score (nSPS) is 17.1. The number of hydrogen-bond donors (Lipinski definition) is 1. The third-order valence-electron chi connectivity index (χ3n) is 3.12. The lowest BCUT2D eigenvalue weighted by Gasteiger charge is -2.27. The first-order chi connectivity index (χ1) is 8.36. The minimum absolute atomic E-state index is 0.137. The van der Waals surface area contributed by atoms with E-state index in [4.69, 9.17) is 0 Å². The van der Waals surface area contributed by atoms with Gasteiger partial charge in [-0.1, -0.05) is 20.8 Å². The Morgan fingerprint density at radius 1 is 1.22 bits per heavy atom. The lowest BCUT2D eigenvalue weighted by Crippen LogP contribution is -2.36. The summed E-state index contributed by atoms with van der Waals surface area (Å²) < 4.78 is 0. The zero-order valence-electron chi connectivity index (χ0n) is 11.1. The van der Waals surface area contributed by atoms with Gasteiger partial charge < -0.3 is 4.90 Å². The van der Waals surface area contributed by atoms with Crippen LogP contribution in [-0.2, 0) is 10.2 Å². The smallest absolute Gasteiger partial charge is 0.252 e. The van der Waals surface area contributed by atoms with Crippen LogP contribution in [0.2, 0.25) is 0 Å². The molecule has 0 bridgehead atoms. The topological polar surface area (TPSA) is 66.1 Å². The van der Waals surface area contributed by atoms with Gasteiger partial charge in [-0.15, -0.1) is 0 Å². The molecule has 1 aromatic rings. The van der Waals surface area contributed by atoms with Gasteiger partial charge in [0.05, 0.1) is 5.69 Å². The second kappa shape index (κ2) is 4.55. The maximum Gasteiger partial charge on any atom is 0.252 e. The molecule has 0 radical (unpaired) electrons. The molecule has 5 heteroatoms. The molecule has 1 fully saturated rings. The molecule has 18 heavy (non-hydrogen) atoms. The van der Waals surface area contributed by atoms with Gasteiger partial charge in [-0.05, 0) is 0 Å². The molecular formula is C13H19N3O2. The molecule has 1 saturated heterocycles. The molecule has 1 aliphatic heterocycles. The summed E-state index contributed by atoms with van der Waals surface area (Å²) in [5, 5.41) is 0. The summed E-state index contributed by atoms with van der Waals surface area (Å²) in [7, 11) is 0. The molecule has 0 atom stereocenters. The molecule has 1 aliphatic rings. The molecule has 98 valence electrons. The average molecular weight is 249 g/mol. The van der Waals surface area contributed by atoms with Crippen molar-refractivity contribution in [3.8, 4) is 0 Å². The first kappa shape index (κ1) is 12.8. The van der Waals surface area contributed by atoms with Crippen molar-refractivity contribution >= 4 is 11.7 Å². The maximum absolute atomic E-state index is 11.7. The van der Waals surface area contributed by atoms with Gasteiger partial charge in [-0.3, -0.25) is 14.6 Å². The van der Waals surface area contributed by atoms with Crippen LogP contribution in [0.25, 0.3) is 0 Å². The zero-order chi connectivity index (χ0) is 13.3. The van der Waals surface area contributed by atoms with Crippen LogP contribution >= 0.6 is 0 Å². The number of ketones is 1. The van der Waals surface area contributed by atoms with Gasteiger partial charge in [-0.25, -0.2) is 4.98 Å². The minimum atomic E-state index is -0.158. The maximum atomic E-state index is 11.7. The highest BCUT2D eigenvalue weighted by atomic mass is 16.1. The number of nitrogens with zero attached hydrogens (tertiary/aromatic N) is 2. The lowest BCUT2D eigenvalue weighted by atomic mass is 9.92. The molecule has 1 N–H and O–H groups in total. The number of aromatic nitrogens is 2. The monoisotopic (exact) mass is 249 g/mol. The van der Waals surface area contributed by atoms with Gasteiger partial charge >= 0.3 is 0 Å². The van der Waals surface area contributed by atoms with Crippen molar-refractivity contribution in [3.05, 3.63) is 22.1 Å². The van der Waals surface area contributed by atoms with E-state index in [2.05, 4.69) is 9.97 Å². The van der Waals surface area contributed by atoms with Crippen molar-refractivity contribution in [2.24, 2.45) is 0 Å². The minimum Gasteiger partial charge on any atom is -0.341 e. The third-order valence-corrected chi connectivity index (χ3v) is 3.12. The van der Waals surface area contributed by atoms with Crippen molar-refractivity contribution in [1.29, 1.82) is 0 Å². The Bertz CT molecular complexity index is 504. The van der Waals surface area contributed by atoms with Crippen LogP contribution in [0, 0.1) is 0 Å². The summed E-state index contributed by atoms with van der Waals surface area (Å²) in [6.07, 6.45) is 1.06. The molecule has 5 nitrogen and oxygen atoms in total. The first-order valence-electron chi connectivity index (χ1n) is 6.25. The molecule has 0 unspecified atom stereocenters. The van der Waals surface area contributed by atoms with Crippen LogP contribution in [0.5, 0.6) is 0 Å². The highest BCUT2D eigenvalue weighted by molar-refractivity contribution is 5.80. The van der Waals surface area contributed by atoms with E-state index in [1.807, 2.05) is 25.7 Å². The van der Waals surface area contributed by atoms with Crippen molar-refractivity contribution < 1.29 is 4.79 Å². The van der Waals surface area contributed by atoms with Crippen molar-refractivity contribution in [2.75, 3.05) is 18.0 Å². The van der Waals surface area contributed by atoms with E-state index in [1.165, 1.54) is 0 Å². The fourth-order valence-corrected chi connectivity index (χ4v) is 1.95. The quantitative estimate of drug-likeness (QED) is 0.813. The van der Waals surface area contributed by atoms with E-state index in [0.29, 0.717) is 31.9 Å². The van der Waals surface area contributed by atoms with Crippen LogP contribution in [0.4, 0.5) is 5.95 Å². The first-order valence-corrected chi connectivity index (χ1v) is 6.25. The fraction of sp³-hybridized carbons (Fsp3) is 0.615. The number of H-pyrrole nitrogens is 1.